The van der Waals surface area contributed by atoms with Crippen LogP contribution < -0.4 is 5.32 Å². The Morgan fingerprint density at radius 3 is 3.04 bits per heavy atom. The van der Waals surface area contributed by atoms with Gasteiger partial charge in [0.15, 0.2) is 21.4 Å². The molecule has 134 valence electrons. The fourth-order valence-corrected chi connectivity index (χ4v) is 3.83. The Balaban J connectivity index is 1.57. The molecule has 0 bridgehead atoms. The summed E-state index contributed by atoms with van der Waals surface area (Å²) >= 11 is 6.60. The van der Waals surface area contributed by atoms with E-state index in [-0.39, 0.29) is 5.91 Å². The third kappa shape index (κ3) is 3.13. The quantitative estimate of drug-likeness (QED) is 0.444. The normalized spacial score (nSPS) is 13.7. The van der Waals surface area contributed by atoms with E-state index < -0.39 is 0 Å². The van der Waals surface area contributed by atoms with Crippen molar-refractivity contribution >= 4 is 34.6 Å². The second-order valence-corrected chi connectivity index (χ2v) is 7.51. The number of aromatic amines is 2. The van der Waals surface area contributed by atoms with Gasteiger partial charge in [-0.25, -0.2) is 4.98 Å². The minimum Gasteiger partial charge on any atom is -0.296 e. The summed E-state index contributed by atoms with van der Waals surface area (Å²) in [7, 11) is 0. The molecule has 26 heavy (non-hydrogen) atoms. The first kappa shape index (κ1) is 16.9. The second kappa shape index (κ2) is 6.61. The number of hydrogen-bond acceptors (Lipinski definition) is 6. The molecule has 0 aromatic carbocycles. The van der Waals surface area contributed by atoms with Crippen LogP contribution in [0, 0.1) is 11.7 Å². The molecule has 1 fully saturated rings. The predicted molar refractivity (Wildman–Crippen MR) is 102 cm³/mol. The highest BCUT2D eigenvalue weighted by Gasteiger charge is 2.26. The number of hydrogen-bond donors (Lipinski definition) is 3. The van der Waals surface area contributed by atoms with Crippen molar-refractivity contribution in [2.75, 3.05) is 5.32 Å². The van der Waals surface area contributed by atoms with Gasteiger partial charge in [0, 0.05) is 18.2 Å². The van der Waals surface area contributed by atoms with Gasteiger partial charge in [0.1, 0.15) is 0 Å². The molecule has 1 amide bonds. The van der Waals surface area contributed by atoms with Crippen LogP contribution in [0.4, 0.5) is 5.13 Å². The summed E-state index contributed by atoms with van der Waals surface area (Å²) in [6.07, 6.45) is 4.05. The molecule has 1 aliphatic rings. The van der Waals surface area contributed by atoms with Gasteiger partial charge in [-0.05, 0) is 38.0 Å². The van der Waals surface area contributed by atoms with Crippen molar-refractivity contribution in [2.24, 2.45) is 0 Å². The van der Waals surface area contributed by atoms with E-state index in [0.29, 0.717) is 33.9 Å². The lowest BCUT2D eigenvalue weighted by atomic mass is 10.2. The molecule has 0 atom stereocenters. The topological polar surface area (TPSA) is 104 Å². The van der Waals surface area contributed by atoms with Crippen LogP contribution in [0.25, 0.3) is 10.7 Å². The van der Waals surface area contributed by atoms with Crippen molar-refractivity contribution in [1.82, 2.24) is 29.9 Å². The van der Waals surface area contributed by atoms with Crippen LogP contribution >= 0.6 is 23.6 Å². The van der Waals surface area contributed by atoms with Gasteiger partial charge in [-0.2, -0.15) is 10.2 Å². The molecule has 4 rings (SSSR count). The highest BCUT2D eigenvalue weighted by atomic mass is 32.1. The number of nitrogens with zero attached hydrogens (tertiary/aromatic N) is 4. The second-order valence-electron chi connectivity index (χ2n) is 6.12. The van der Waals surface area contributed by atoms with Crippen LogP contribution in [-0.4, -0.2) is 35.9 Å². The zero-order valence-electron chi connectivity index (χ0n) is 14.1. The molecule has 3 heterocycles. The average molecular weight is 387 g/mol. The zero-order chi connectivity index (χ0) is 18.3. The minimum absolute atomic E-state index is 0.279. The summed E-state index contributed by atoms with van der Waals surface area (Å²) in [4.78, 5) is 17.7. The van der Waals surface area contributed by atoms with E-state index in [4.69, 9.17) is 12.2 Å². The van der Waals surface area contributed by atoms with E-state index in [0.717, 1.165) is 29.1 Å². The lowest BCUT2D eigenvalue weighted by Crippen LogP contribution is -2.12. The predicted octanol–water partition coefficient (Wildman–Crippen LogP) is 3.41. The molecule has 3 aromatic heterocycles. The van der Waals surface area contributed by atoms with Gasteiger partial charge in [0.25, 0.3) is 5.91 Å². The summed E-state index contributed by atoms with van der Waals surface area (Å²) in [6, 6.07) is 1.81. The summed E-state index contributed by atoms with van der Waals surface area (Å²) in [5.41, 5.74) is 2.16. The largest absolute Gasteiger partial charge is 0.296 e. The van der Waals surface area contributed by atoms with E-state index in [9.17, 15) is 4.79 Å². The first-order chi connectivity index (χ1) is 12.6. The molecule has 0 spiro atoms. The van der Waals surface area contributed by atoms with Crippen molar-refractivity contribution in [1.29, 1.82) is 0 Å². The summed E-state index contributed by atoms with van der Waals surface area (Å²) in [5.74, 6) is 0.921. The van der Waals surface area contributed by atoms with Gasteiger partial charge in [-0.1, -0.05) is 17.4 Å². The molecule has 10 heteroatoms. The number of allylic oxidation sites excluding steroid dienone is 1. The van der Waals surface area contributed by atoms with Crippen LogP contribution in [0.5, 0.6) is 0 Å². The SMILES string of the molecule is C=CCn1c(-c2sc(NC(=O)c3cc(C4CC4)[nH]n3)nc2C)n[nH]c1=S. The molecular formula is C16H17N7OS2. The van der Waals surface area contributed by atoms with E-state index >= 15 is 0 Å². The first-order valence-corrected chi connectivity index (χ1v) is 9.40. The summed E-state index contributed by atoms with van der Waals surface area (Å²) in [6.45, 7) is 6.16. The number of aryl methyl sites for hydroxylation is 1. The van der Waals surface area contributed by atoms with Crippen molar-refractivity contribution in [2.45, 2.75) is 32.2 Å². The number of carbonyl (C=O) groups is 1. The van der Waals surface area contributed by atoms with Crippen LogP contribution in [-0.2, 0) is 6.54 Å². The Kier molecular flexibility index (Phi) is 4.29. The zero-order valence-corrected chi connectivity index (χ0v) is 15.7. The molecule has 0 unspecified atom stereocenters. The van der Waals surface area contributed by atoms with Crippen molar-refractivity contribution in [3.63, 3.8) is 0 Å². The molecule has 8 nitrogen and oxygen atoms in total. The maximum Gasteiger partial charge on any atom is 0.277 e. The summed E-state index contributed by atoms with van der Waals surface area (Å²) in [5, 5.41) is 17.4. The number of H-pyrrole nitrogens is 2. The molecule has 3 aromatic rings. The van der Waals surface area contributed by atoms with Gasteiger partial charge >= 0.3 is 0 Å². The highest BCUT2D eigenvalue weighted by molar-refractivity contribution is 7.71. The Morgan fingerprint density at radius 1 is 1.50 bits per heavy atom. The van der Waals surface area contributed by atoms with Crippen LogP contribution in [0.3, 0.4) is 0 Å². The molecule has 0 radical (unpaired) electrons. The van der Waals surface area contributed by atoms with Gasteiger partial charge in [-0.15, -0.1) is 6.58 Å². The lowest BCUT2D eigenvalue weighted by Gasteiger charge is -2.01. The van der Waals surface area contributed by atoms with E-state index in [1.54, 1.807) is 6.08 Å². The van der Waals surface area contributed by atoms with Crippen LogP contribution in [0.2, 0.25) is 0 Å². The van der Waals surface area contributed by atoms with Crippen LogP contribution in [0.15, 0.2) is 18.7 Å². The Labute approximate surface area is 158 Å². The number of nitrogens with one attached hydrogen (secondary N) is 3. The number of rotatable bonds is 6. The molecule has 1 aliphatic carbocycles. The number of amides is 1. The van der Waals surface area contributed by atoms with Crippen molar-refractivity contribution < 1.29 is 4.79 Å². The first-order valence-electron chi connectivity index (χ1n) is 8.17. The van der Waals surface area contributed by atoms with Gasteiger partial charge in [0.2, 0.25) is 0 Å². The molecule has 3 N–H and O–H groups in total. The average Bonchev–Trinajstić information content (AvgIpc) is 3.06. The highest BCUT2D eigenvalue weighted by Crippen LogP contribution is 2.39. The van der Waals surface area contributed by atoms with Crippen molar-refractivity contribution in [3.8, 4) is 10.7 Å². The molecular weight excluding hydrogens is 370 g/mol. The third-order valence-electron chi connectivity index (χ3n) is 4.14. The van der Waals surface area contributed by atoms with E-state index in [2.05, 4.69) is 37.3 Å². The molecule has 0 aliphatic heterocycles. The maximum absolute atomic E-state index is 12.4. The van der Waals surface area contributed by atoms with Gasteiger partial charge in [0.05, 0.1) is 10.6 Å². The fraction of sp³-hybridized carbons (Fsp3) is 0.312. The third-order valence-corrected chi connectivity index (χ3v) is 5.52. The van der Waals surface area contributed by atoms with Gasteiger partial charge in [-0.3, -0.25) is 24.9 Å². The monoisotopic (exact) mass is 387 g/mol. The lowest BCUT2D eigenvalue weighted by molar-refractivity contribution is 0.102. The van der Waals surface area contributed by atoms with Gasteiger partial charge < -0.3 is 0 Å². The number of carbonyl (C=O) groups excluding carboxylic acids is 1. The standard InChI is InChI=1S/C16H17N7OS2/c1-3-6-23-13(21-22-16(23)25)12-8(2)17-15(26-12)18-14(24)11-7-10(19-20-11)9-4-5-9/h3,7,9H,1,4-6H2,2H3,(H,19,20)(H,22,25)(H,17,18,24). The van der Waals surface area contributed by atoms with Crippen LogP contribution in [0.1, 0.15) is 40.6 Å². The molecule has 1 saturated carbocycles. The number of anilines is 1. The summed E-state index contributed by atoms with van der Waals surface area (Å²) < 4.78 is 2.35. The number of thiazole rings is 1. The smallest absolute Gasteiger partial charge is 0.277 e. The van der Waals surface area contributed by atoms with E-state index in [1.165, 1.54) is 11.3 Å². The molecule has 0 saturated heterocycles. The van der Waals surface area contributed by atoms with Crippen molar-refractivity contribution in [3.05, 3.63) is 40.6 Å². The Hall–Kier alpha value is -2.59. The Morgan fingerprint density at radius 2 is 2.31 bits per heavy atom. The minimum atomic E-state index is -0.279. The Bertz CT molecular complexity index is 1040. The fourth-order valence-electron chi connectivity index (χ4n) is 2.66. The maximum atomic E-state index is 12.4. The number of aromatic nitrogens is 6. The van der Waals surface area contributed by atoms with E-state index in [1.807, 2.05) is 17.6 Å².